The molecule has 5 nitrogen and oxygen atoms in total. The number of aryl methyl sites for hydroxylation is 1. The molecule has 2 aromatic carbocycles. The lowest BCUT2D eigenvalue weighted by Gasteiger charge is -2.09. The highest BCUT2D eigenvalue weighted by Crippen LogP contribution is 2.25. The van der Waals surface area contributed by atoms with Crippen molar-refractivity contribution >= 4 is 21.4 Å². The van der Waals surface area contributed by atoms with E-state index in [0.29, 0.717) is 5.69 Å². The van der Waals surface area contributed by atoms with Crippen LogP contribution in [0.4, 0.5) is 10.1 Å². The molecule has 0 fully saturated rings. The maximum atomic E-state index is 13.0. The van der Waals surface area contributed by atoms with Gasteiger partial charge in [-0.15, -0.1) is 0 Å². The summed E-state index contributed by atoms with van der Waals surface area (Å²) in [6, 6.07) is 15.6. The molecule has 0 radical (unpaired) electrons. The highest BCUT2D eigenvalue weighted by Gasteiger charge is 2.15. The van der Waals surface area contributed by atoms with Gasteiger partial charge < -0.3 is 4.40 Å². The Hall–Kier alpha value is -3.19. The largest absolute Gasteiger partial charge is 0.306 e. The summed E-state index contributed by atoms with van der Waals surface area (Å²) < 4.78 is 42.5. The van der Waals surface area contributed by atoms with Crippen LogP contribution in [0.2, 0.25) is 0 Å². The summed E-state index contributed by atoms with van der Waals surface area (Å²) in [6.07, 6.45) is 3.82. The van der Waals surface area contributed by atoms with Crippen molar-refractivity contribution in [3.05, 3.63) is 84.4 Å². The lowest BCUT2D eigenvalue weighted by atomic mass is 10.1. The van der Waals surface area contributed by atoms with Crippen LogP contribution in [-0.4, -0.2) is 17.8 Å². The molecular weight excluding hydrogens is 365 g/mol. The molecule has 1 N–H and O–H groups in total. The number of nitrogens with zero attached hydrogens (tertiary/aromatic N) is 2. The Morgan fingerprint density at radius 3 is 2.56 bits per heavy atom. The van der Waals surface area contributed by atoms with Gasteiger partial charge in [0, 0.05) is 23.6 Å². The predicted molar refractivity (Wildman–Crippen MR) is 103 cm³/mol. The molecule has 4 aromatic rings. The lowest BCUT2D eigenvalue weighted by Crippen LogP contribution is -2.12. The first kappa shape index (κ1) is 17.2. The molecule has 0 bridgehead atoms. The summed E-state index contributed by atoms with van der Waals surface area (Å²) in [5.41, 5.74) is 3.84. The van der Waals surface area contributed by atoms with Crippen LogP contribution in [0.3, 0.4) is 0 Å². The summed E-state index contributed by atoms with van der Waals surface area (Å²) in [5, 5.41) is 0. The van der Waals surface area contributed by atoms with Crippen molar-refractivity contribution in [3.63, 3.8) is 0 Å². The van der Waals surface area contributed by atoms with Crippen molar-refractivity contribution in [2.75, 3.05) is 4.72 Å². The van der Waals surface area contributed by atoms with Gasteiger partial charge in [-0.1, -0.05) is 18.2 Å². The third-order valence-corrected chi connectivity index (χ3v) is 5.61. The van der Waals surface area contributed by atoms with Crippen LogP contribution < -0.4 is 4.72 Å². The number of hydrogen-bond acceptors (Lipinski definition) is 3. The second-order valence-electron chi connectivity index (χ2n) is 6.19. The topological polar surface area (TPSA) is 63.5 Å². The molecule has 27 heavy (non-hydrogen) atoms. The summed E-state index contributed by atoms with van der Waals surface area (Å²) >= 11 is 0. The van der Waals surface area contributed by atoms with Gasteiger partial charge in [0.25, 0.3) is 10.0 Å². The first-order chi connectivity index (χ1) is 12.9. The Kier molecular flexibility index (Phi) is 4.16. The Morgan fingerprint density at radius 2 is 1.81 bits per heavy atom. The van der Waals surface area contributed by atoms with Crippen molar-refractivity contribution in [2.45, 2.75) is 11.8 Å². The van der Waals surface area contributed by atoms with Crippen LogP contribution in [-0.2, 0) is 10.0 Å². The fraction of sp³-hybridized carbons (Fsp3) is 0.0500. The van der Waals surface area contributed by atoms with Gasteiger partial charge in [0.15, 0.2) is 0 Å². The van der Waals surface area contributed by atoms with E-state index in [1.165, 1.54) is 12.1 Å². The van der Waals surface area contributed by atoms with Gasteiger partial charge in [0.1, 0.15) is 11.5 Å². The maximum Gasteiger partial charge on any atom is 0.261 e. The van der Waals surface area contributed by atoms with Gasteiger partial charge in [-0.3, -0.25) is 4.72 Å². The molecule has 0 unspecified atom stereocenters. The van der Waals surface area contributed by atoms with Crippen molar-refractivity contribution in [1.82, 2.24) is 9.38 Å². The fourth-order valence-corrected chi connectivity index (χ4v) is 3.91. The summed E-state index contributed by atoms with van der Waals surface area (Å²) in [7, 11) is -3.80. The van der Waals surface area contributed by atoms with Gasteiger partial charge in [0.05, 0.1) is 10.6 Å². The molecule has 0 aliphatic heterocycles. The highest BCUT2D eigenvalue weighted by molar-refractivity contribution is 7.92. The predicted octanol–water partition coefficient (Wildman–Crippen LogP) is 4.25. The number of fused-ring (bicyclic) bond motifs is 1. The molecule has 7 heteroatoms. The van der Waals surface area contributed by atoms with Crippen LogP contribution in [0, 0.1) is 12.7 Å². The number of nitrogens with one attached hydrogen (secondary N) is 1. The van der Waals surface area contributed by atoms with Gasteiger partial charge in [-0.05, 0) is 55.0 Å². The minimum Gasteiger partial charge on any atom is -0.306 e. The van der Waals surface area contributed by atoms with Crippen LogP contribution in [0.25, 0.3) is 16.9 Å². The molecule has 2 aromatic heterocycles. The van der Waals surface area contributed by atoms with E-state index >= 15 is 0 Å². The van der Waals surface area contributed by atoms with E-state index in [9.17, 15) is 12.8 Å². The Labute approximate surface area is 156 Å². The fourth-order valence-electron chi connectivity index (χ4n) is 2.86. The van der Waals surface area contributed by atoms with E-state index in [1.807, 2.05) is 41.9 Å². The van der Waals surface area contributed by atoms with Crippen molar-refractivity contribution in [3.8, 4) is 11.3 Å². The first-order valence-electron chi connectivity index (χ1n) is 8.25. The highest BCUT2D eigenvalue weighted by atomic mass is 32.2. The molecule has 2 heterocycles. The molecule has 0 aliphatic rings. The second kappa shape index (κ2) is 6.51. The number of rotatable bonds is 4. The molecular formula is C20H16FN3O2S. The number of imidazole rings is 1. The SMILES string of the molecule is Cc1cccn2cc(-c3cccc(NS(=O)(=O)c4ccc(F)cc4)c3)nc12. The molecule has 0 saturated heterocycles. The number of aromatic nitrogens is 2. The monoisotopic (exact) mass is 381 g/mol. The smallest absolute Gasteiger partial charge is 0.261 e. The van der Waals surface area contributed by atoms with Crippen LogP contribution in [0.1, 0.15) is 5.56 Å². The Balaban J connectivity index is 1.67. The summed E-state index contributed by atoms with van der Waals surface area (Å²) in [5.74, 6) is -0.488. The normalized spacial score (nSPS) is 11.6. The Morgan fingerprint density at radius 1 is 1.04 bits per heavy atom. The van der Waals surface area contributed by atoms with E-state index < -0.39 is 15.8 Å². The minimum atomic E-state index is -3.80. The summed E-state index contributed by atoms with van der Waals surface area (Å²) in [4.78, 5) is 4.63. The van der Waals surface area contributed by atoms with Crippen molar-refractivity contribution in [1.29, 1.82) is 0 Å². The number of anilines is 1. The Bertz CT molecular complexity index is 1230. The lowest BCUT2D eigenvalue weighted by molar-refractivity contribution is 0.599. The van der Waals surface area contributed by atoms with E-state index in [-0.39, 0.29) is 4.90 Å². The number of pyridine rings is 1. The zero-order valence-corrected chi connectivity index (χ0v) is 15.2. The van der Waals surface area contributed by atoms with E-state index in [0.717, 1.165) is 34.6 Å². The summed E-state index contributed by atoms with van der Waals surface area (Å²) in [6.45, 7) is 1.99. The third-order valence-electron chi connectivity index (χ3n) is 4.21. The van der Waals surface area contributed by atoms with Crippen LogP contribution >= 0.6 is 0 Å². The van der Waals surface area contributed by atoms with E-state index in [2.05, 4.69) is 9.71 Å². The van der Waals surface area contributed by atoms with Crippen LogP contribution in [0.5, 0.6) is 0 Å². The molecule has 4 rings (SSSR count). The zero-order valence-electron chi connectivity index (χ0n) is 14.4. The van der Waals surface area contributed by atoms with Gasteiger partial charge in [0.2, 0.25) is 0 Å². The van der Waals surface area contributed by atoms with Gasteiger partial charge >= 0.3 is 0 Å². The molecule has 0 aliphatic carbocycles. The van der Waals surface area contributed by atoms with Gasteiger partial charge in [-0.2, -0.15) is 0 Å². The molecule has 0 amide bonds. The minimum absolute atomic E-state index is 0.00217. The average Bonchev–Trinajstić information content (AvgIpc) is 3.08. The third kappa shape index (κ3) is 3.41. The second-order valence-corrected chi connectivity index (χ2v) is 7.87. The zero-order chi connectivity index (χ0) is 19.0. The number of halogens is 1. The molecule has 136 valence electrons. The first-order valence-corrected chi connectivity index (χ1v) is 9.74. The quantitative estimate of drug-likeness (QED) is 0.575. The number of sulfonamides is 1. The van der Waals surface area contributed by atoms with Crippen LogP contribution in [0.15, 0.2) is 78.0 Å². The standard InChI is InChI=1S/C20H16FN3O2S/c1-14-4-3-11-24-13-19(22-20(14)24)15-5-2-6-17(12-15)23-27(25,26)18-9-7-16(21)8-10-18/h2-13,23H,1H3. The molecule has 0 atom stereocenters. The maximum absolute atomic E-state index is 13.0. The number of hydrogen-bond donors (Lipinski definition) is 1. The van der Waals surface area contributed by atoms with E-state index in [1.54, 1.807) is 18.2 Å². The molecule has 0 saturated carbocycles. The van der Waals surface area contributed by atoms with E-state index in [4.69, 9.17) is 0 Å². The van der Waals surface area contributed by atoms with Crippen molar-refractivity contribution < 1.29 is 12.8 Å². The molecule has 0 spiro atoms. The number of benzene rings is 2. The van der Waals surface area contributed by atoms with Crippen molar-refractivity contribution in [2.24, 2.45) is 0 Å². The average molecular weight is 381 g/mol. The van der Waals surface area contributed by atoms with Gasteiger partial charge in [-0.25, -0.2) is 17.8 Å².